The quantitative estimate of drug-likeness (QED) is 0.860. The molecule has 4 heteroatoms. The first kappa shape index (κ1) is 14.3. The minimum absolute atomic E-state index is 0.254. The summed E-state index contributed by atoms with van der Waals surface area (Å²) in [5.74, 6) is 0.116. The van der Waals surface area contributed by atoms with Gasteiger partial charge in [-0.05, 0) is 50.9 Å². The minimum Gasteiger partial charge on any atom is -0.480 e. The monoisotopic (exact) mass is 281 g/mol. The summed E-state index contributed by atoms with van der Waals surface area (Å²) >= 11 is 0. The maximum Gasteiger partial charge on any atom is 0.320 e. The van der Waals surface area contributed by atoms with Crippen LogP contribution >= 0.6 is 0 Å². The number of fused-ring (bicyclic) bond motifs is 1. The average Bonchev–Trinajstić information content (AvgIpc) is 2.97. The molecule has 3 aliphatic rings. The second-order valence-corrected chi connectivity index (χ2v) is 6.70. The Kier molecular flexibility index (Phi) is 4.61. The summed E-state index contributed by atoms with van der Waals surface area (Å²) in [6.45, 7) is 1.79. The van der Waals surface area contributed by atoms with Crippen LogP contribution in [-0.2, 0) is 9.53 Å². The molecular formula is C16H27NO3. The molecule has 2 saturated heterocycles. The number of hydrogen-bond donors (Lipinski definition) is 1. The molecule has 0 radical (unpaired) electrons. The molecule has 0 bridgehead atoms. The second kappa shape index (κ2) is 6.44. The zero-order valence-corrected chi connectivity index (χ0v) is 12.3. The molecule has 0 aromatic heterocycles. The van der Waals surface area contributed by atoms with Crippen LogP contribution in [-0.4, -0.2) is 47.3 Å². The van der Waals surface area contributed by atoms with Gasteiger partial charge in [-0.2, -0.15) is 0 Å². The summed E-state index contributed by atoms with van der Waals surface area (Å²) in [6, 6.07) is 0.260. The van der Waals surface area contributed by atoms with E-state index < -0.39 is 5.97 Å². The van der Waals surface area contributed by atoms with E-state index in [4.69, 9.17) is 4.74 Å². The van der Waals surface area contributed by atoms with Crippen molar-refractivity contribution in [2.45, 2.75) is 76.0 Å². The Morgan fingerprint density at radius 2 is 1.95 bits per heavy atom. The molecule has 0 aromatic carbocycles. The van der Waals surface area contributed by atoms with Crippen molar-refractivity contribution in [1.29, 1.82) is 0 Å². The minimum atomic E-state index is -0.624. The standard InChI is InChI=1S/C16H27NO3/c18-16(19)15-8-7-12-4-1-2-6-14(12)17(15)10-9-13-5-3-11-20-13/h12-15H,1-11H2,(H,18,19). The van der Waals surface area contributed by atoms with Gasteiger partial charge in [0.15, 0.2) is 0 Å². The van der Waals surface area contributed by atoms with Crippen LogP contribution in [0.3, 0.4) is 0 Å². The number of piperidine rings is 1. The van der Waals surface area contributed by atoms with Gasteiger partial charge in [0.1, 0.15) is 6.04 Å². The Bertz CT molecular complexity index is 341. The van der Waals surface area contributed by atoms with Crippen LogP contribution in [0, 0.1) is 5.92 Å². The molecule has 20 heavy (non-hydrogen) atoms. The van der Waals surface area contributed by atoms with Gasteiger partial charge in [0.2, 0.25) is 0 Å². The van der Waals surface area contributed by atoms with Gasteiger partial charge in [0.05, 0.1) is 6.10 Å². The molecule has 4 nitrogen and oxygen atoms in total. The van der Waals surface area contributed by atoms with Gasteiger partial charge < -0.3 is 9.84 Å². The van der Waals surface area contributed by atoms with Crippen LogP contribution < -0.4 is 0 Å². The molecular weight excluding hydrogens is 254 g/mol. The number of rotatable bonds is 4. The van der Waals surface area contributed by atoms with Crippen molar-refractivity contribution >= 4 is 5.97 Å². The van der Waals surface area contributed by atoms with Crippen molar-refractivity contribution in [1.82, 2.24) is 4.90 Å². The van der Waals surface area contributed by atoms with Crippen molar-refractivity contribution < 1.29 is 14.6 Å². The molecule has 0 amide bonds. The summed E-state index contributed by atoms with van der Waals surface area (Å²) < 4.78 is 5.70. The number of likely N-dealkylation sites (tertiary alicyclic amines) is 1. The molecule has 3 fully saturated rings. The van der Waals surface area contributed by atoms with Gasteiger partial charge in [-0.1, -0.05) is 12.8 Å². The number of hydrogen-bond acceptors (Lipinski definition) is 3. The summed E-state index contributed by atoms with van der Waals surface area (Å²) in [7, 11) is 0. The van der Waals surface area contributed by atoms with E-state index in [1.165, 1.54) is 32.1 Å². The molecule has 1 aliphatic carbocycles. The van der Waals surface area contributed by atoms with Gasteiger partial charge in [-0.25, -0.2) is 0 Å². The number of carboxylic acid groups (broad SMARTS) is 1. The van der Waals surface area contributed by atoms with Crippen molar-refractivity contribution in [3.05, 3.63) is 0 Å². The Balaban J connectivity index is 1.64. The molecule has 2 heterocycles. The summed E-state index contributed by atoms with van der Waals surface area (Å²) in [4.78, 5) is 13.9. The third-order valence-electron chi connectivity index (χ3n) is 5.52. The van der Waals surface area contributed by atoms with E-state index in [-0.39, 0.29) is 6.04 Å². The maximum atomic E-state index is 11.6. The van der Waals surface area contributed by atoms with E-state index in [0.29, 0.717) is 12.1 Å². The van der Waals surface area contributed by atoms with E-state index in [0.717, 1.165) is 44.8 Å². The predicted octanol–water partition coefficient (Wildman–Crippen LogP) is 2.66. The highest BCUT2D eigenvalue weighted by Gasteiger charge is 2.41. The van der Waals surface area contributed by atoms with E-state index in [1.807, 2.05) is 0 Å². The van der Waals surface area contributed by atoms with Crippen LogP contribution in [0.2, 0.25) is 0 Å². The highest BCUT2D eigenvalue weighted by atomic mass is 16.5. The number of aliphatic carboxylic acids is 1. The largest absolute Gasteiger partial charge is 0.480 e. The highest BCUT2D eigenvalue weighted by Crippen LogP contribution is 2.38. The molecule has 0 aromatic rings. The lowest BCUT2D eigenvalue weighted by Crippen LogP contribution is -2.55. The molecule has 114 valence electrons. The van der Waals surface area contributed by atoms with Crippen LogP contribution in [0.4, 0.5) is 0 Å². The van der Waals surface area contributed by atoms with Crippen LogP contribution in [0.15, 0.2) is 0 Å². The second-order valence-electron chi connectivity index (χ2n) is 6.70. The van der Waals surface area contributed by atoms with Gasteiger partial charge >= 0.3 is 5.97 Å². The fourth-order valence-electron chi connectivity index (χ4n) is 4.48. The normalized spacial score (nSPS) is 38.6. The number of carboxylic acids is 1. The lowest BCUT2D eigenvalue weighted by atomic mass is 9.76. The van der Waals surface area contributed by atoms with E-state index in [9.17, 15) is 9.90 Å². The first-order chi connectivity index (χ1) is 9.75. The fourth-order valence-corrected chi connectivity index (χ4v) is 4.48. The first-order valence-electron chi connectivity index (χ1n) is 8.36. The smallest absolute Gasteiger partial charge is 0.320 e. The predicted molar refractivity (Wildman–Crippen MR) is 76.7 cm³/mol. The van der Waals surface area contributed by atoms with Gasteiger partial charge in [-0.3, -0.25) is 9.69 Å². The van der Waals surface area contributed by atoms with Crippen LogP contribution in [0.5, 0.6) is 0 Å². The Hall–Kier alpha value is -0.610. The number of ether oxygens (including phenoxy) is 1. The van der Waals surface area contributed by atoms with Gasteiger partial charge in [0.25, 0.3) is 0 Å². The topological polar surface area (TPSA) is 49.8 Å². The zero-order chi connectivity index (χ0) is 13.9. The lowest BCUT2D eigenvalue weighted by molar-refractivity contribution is -0.148. The molecule has 0 spiro atoms. The Morgan fingerprint density at radius 1 is 1.10 bits per heavy atom. The molecule has 2 aliphatic heterocycles. The van der Waals surface area contributed by atoms with Gasteiger partial charge in [0, 0.05) is 19.2 Å². The molecule has 4 unspecified atom stereocenters. The summed E-state index contributed by atoms with van der Waals surface area (Å²) in [5.41, 5.74) is 0. The van der Waals surface area contributed by atoms with Crippen molar-refractivity contribution in [3.63, 3.8) is 0 Å². The Morgan fingerprint density at radius 3 is 2.70 bits per heavy atom. The van der Waals surface area contributed by atoms with E-state index >= 15 is 0 Å². The molecule has 4 atom stereocenters. The average molecular weight is 281 g/mol. The SMILES string of the molecule is O=C(O)C1CCC2CCCCC2N1CCC1CCCO1. The first-order valence-corrected chi connectivity index (χ1v) is 8.36. The van der Waals surface area contributed by atoms with Crippen LogP contribution in [0.25, 0.3) is 0 Å². The molecule has 3 rings (SSSR count). The van der Waals surface area contributed by atoms with Gasteiger partial charge in [-0.15, -0.1) is 0 Å². The molecule has 1 saturated carbocycles. The summed E-state index contributed by atoms with van der Waals surface area (Å²) in [5, 5.41) is 9.52. The zero-order valence-electron chi connectivity index (χ0n) is 12.3. The third kappa shape index (κ3) is 3.01. The summed E-state index contributed by atoms with van der Waals surface area (Å²) in [6.07, 6.45) is 10.7. The van der Waals surface area contributed by atoms with E-state index in [2.05, 4.69) is 4.90 Å². The van der Waals surface area contributed by atoms with E-state index in [1.54, 1.807) is 0 Å². The number of nitrogens with zero attached hydrogens (tertiary/aromatic N) is 1. The third-order valence-corrected chi connectivity index (χ3v) is 5.52. The highest BCUT2D eigenvalue weighted by molar-refractivity contribution is 5.73. The van der Waals surface area contributed by atoms with Crippen LogP contribution in [0.1, 0.15) is 57.8 Å². The maximum absolute atomic E-state index is 11.6. The number of carbonyl (C=O) groups is 1. The van der Waals surface area contributed by atoms with Crippen molar-refractivity contribution in [2.24, 2.45) is 5.92 Å². The lowest BCUT2D eigenvalue weighted by Gasteiger charge is -2.47. The fraction of sp³-hybridized carbons (Fsp3) is 0.938. The molecule has 1 N–H and O–H groups in total. The Labute approximate surface area is 121 Å². The van der Waals surface area contributed by atoms with Crippen molar-refractivity contribution in [2.75, 3.05) is 13.2 Å². The van der Waals surface area contributed by atoms with Crippen molar-refractivity contribution in [3.8, 4) is 0 Å².